The van der Waals surface area contributed by atoms with Crippen molar-refractivity contribution in [2.75, 3.05) is 0 Å². The van der Waals surface area contributed by atoms with Crippen molar-refractivity contribution in [3.8, 4) is 5.75 Å². The molecule has 3 heteroatoms. The minimum atomic E-state index is -1.01. The van der Waals surface area contributed by atoms with Crippen molar-refractivity contribution >= 4 is 20.6 Å². The Morgan fingerprint density at radius 3 is 2.45 bits per heavy atom. The standard InChI is InChI=1S/C8H11ClOSi/c1-11(2)10-8-6-4-3-5-7(8)9/h3-6,11H,1-2H3. The predicted octanol–water partition coefficient (Wildman–Crippen LogP) is 2.70. The van der Waals surface area contributed by atoms with Gasteiger partial charge in [-0.3, -0.25) is 0 Å². The van der Waals surface area contributed by atoms with E-state index in [0.717, 1.165) is 5.75 Å². The van der Waals surface area contributed by atoms with Crippen molar-refractivity contribution in [2.45, 2.75) is 13.1 Å². The SMILES string of the molecule is C[SiH](C)Oc1ccccc1Cl. The third-order valence-corrected chi connectivity index (χ3v) is 2.24. The quantitative estimate of drug-likeness (QED) is 0.646. The molecule has 0 amide bonds. The van der Waals surface area contributed by atoms with E-state index in [4.69, 9.17) is 16.0 Å². The Bertz CT molecular complexity index is 237. The van der Waals surface area contributed by atoms with Crippen molar-refractivity contribution in [2.24, 2.45) is 0 Å². The van der Waals surface area contributed by atoms with Crippen LogP contribution in [0.1, 0.15) is 0 Å². The molecule has 1 aromatic rings. The topological polar surface area (TPSA) is 9.23 Å². The number of rotatable bonds is 2. The Morgan fingerprint density at radius 1 is 1.27 bits per heavy atom. The molecular formula is C8H11ClOSi. The van der Waals surface area contributed by atoms with Gasteiger partial charge in [0, 0.05) is 0 Å². The highest BCUT2D eigenvalue weighted by molar-refractivity contribution is 6.49. The van der Waals surface area contributed by atoms with Crippen LogP contribution in [-0.2, 0) is 0 Å². The summed E-state index contributed by atoms with van der Waals surface area (Å²) in [5.41, 5.74) is 0. The van der Waals surface area contributed by atoms with Crippen molar-refractivity contribution < 1.29 is 4.43 Å². The summed E-state index contributed by atoms with van der Waals surface area (Å²) in [7, 11) is -1.01. The molecule has 0 N–H and O–H groups in total. The number of para-hydroxylation sites is 1. The highest BCUT2D eigenvalue weighted by Gasteiger charge is 2.01. The second-order valence-electron chi connectivity index (χ2n) is 2.60. The maximum Gasteiger partial charge on any atom is 0.229 e. The fourth-order valence-electron chi connectivity index (χ4n) is 0.794. The van der Waals surface area contributed by atoms with Crippen LogP contribution in [0.15, 0.2) is 24.3 Å². The van der Waals surface area contributed by atoms with Gasteiger partial charge in [-0.05, 0) is 25.2 Å². The average Bonchev–Trinajstić information content (AvgIpc) is 1.93. The summed E-state index contributed by atoms with van der Waals surface area (Å²) in [6, 6.07) is 7.57. The number of benzene rings is 1. The molecule has 0 atom stereocenters. The lowest BCUT2D eigenvalue weighted by molar-refractivity contribution is 0.581. The third-order valence-electron chi connectivity index (χ3n) is 1.20. The van der Waals surface area contributed by atoms with Gasteiger partial charge in [0.05, 0.1) is 5.02 Å². The van der Waals surface area contributed by atoms with Gasteiger partial charge < -0.3 is 4.43 Å². The van der Waals surface area contributed by atoms with Gasteiger partial charge in [0.1, 0.15) is 5.75 Å². The van der Waals surface area contributed by atoms with Crippen LogP contribution in [0.3, 0.4) is 0 Å². The van der Waals surface area contributed by atoms with Crippen LogP contribution in [0.4, 0.5) is 0 Å². The van der Waals surface area contributed by atoms with E-state index >= 15 is 0 Å². The fourth-order valence-corrected chi connectivity index (χ4v) is 1.76. The number of halogens is 1. The summed E-state index contributed by atoms with van der Waals surface area (Å²) in [5, 5.41) is 0.703. The molecule has 0 spiro atoms. The summed E-state index contributed by atoms with van der Waals surface area (Å²) < 4.78 is 5.55. The van der Waals surface area contributed by atoms with Gasteiger partial charge in [-0.15, -0.1) is 0 Å². The average molecular weight is 187 g/mol. The van der Waals surface area contributed by atoms with Crippen LogP contribution in [-0.4, -0.2) is 9.04 Å². The lowest BCUT2D eigenvalue weighted by Crippen LogP contribution is -2.11. The van der Waals surface area contributed by atoms with Crippen molar-refractivity contribution in [3.63, 3.8) is 0 Å². The largest absolute Gasteiger partial charge is 0.546 e. The Hall–Kier alpha value is -0.473. The van der Waals surface area contributed by atoms with Crippen LogP contribution < -0.4 is 4.43 Å². The Morgan fingerprint density at radius 2 is 1.91 bits per heavy atom. The Balaban J connectivity index is 2.78. The summed E-state index contributed by atoms with van der Waals surface area (Å²) in [5.74, 6) is 0.816. The van der Waals surface area contributed by atoms with Gasteiger partial charge >= 0.3 is 0 Å². The van der Waals surface area contributed by atoms with E-state index < -0.39 is 9.04 Å². The van der Waals surface area contributed by atoms with Gasteiger partial charge in [0.25, 0.3) is 0 Å². The molecule has 0 aromatic heterocycles. The van der Waals surface area contributed by atoms with Gasteiger partial charge in [-0.2, -0.15) is 0 Å². The van der Waals surface area contributed by atoms with Crippen LogP contribution in [0, 0.1) is 0 Å². The minimum Gasteiger partial charge on any atom is -0.546 e. The normalized spacial score (nSPS) is 10.2. The molecule has 0 aliphatic rings. The van der Waals surface area contributed by atoms with Crippen LogP contribution in [0.25, 0.3) is 0 Å². The molecule has 0 aliphatic carbocycles. The second kappa shape index (κ2) is 3.79. The minimum absolute atomic E-state index is 0.703. The molecule has 0 aliphatic heterocycles. The van der Waals surface area contributed by atoms with Crippen LogP contribution in [0.5, 0.6) is 5.75 Å². The van der Waals surface area contributed by atoms with Gasteiger partial charge in [-0.25, -0.2) is 0 Å². The Kier molecular flexibility index (Phi) is 2.97. The zero-order valence-electron chi connectivity index (χ0n) is 6.67. The molecular weight excluding hydrogens is 176 g/mol. The molecule has 0 saturated carbocycles. The van der Waals surface area contributed by atoms with Crippen molar-refractivity contribution in [3.05, 3.63) is 29.3 Å². The molecule has 0 radical (unpaired) electrons. The summed E-state index contributed by atoms with van der Waals surface area (Å²) in [4.78, 5) is 0. The van der Waals surface area contributed by atoms with Gasteiger partial charge in [-0.1, -0.05) is 23.7 Å². The lowest BCUT2D eigenvalue weighted by Gasteiger charge is -2.09. The van der Waals surface area contributed by atoms with Crippen molar-refractivity contribution in [1.82, 2.24) is 0 Å². The third kappa shape index (κ3) is 2.56. The second-order valence-corrected chi connectivity index (χ2v) is 5.34. The molecule has 0 unspecified atom stereocenters. The lowest BCUT2D eigenvalue weighted by atomic mass is 10.3. The first-order valence-corrected chi connectivity index (χ1v) is 6.77. The highest BCUT2D eigenvalue weighted by Crippen LogP contribution is 2.23. The van der Waals surface area contributed by atoms with Crippen LogP contribution >= 0.6 is 11.6 Å². The smallest absolute Gasteiger partial charge is 0.229 e. The molecule has 1 aromatic carbocycles. The molecule has 11 heavy (non-hydrogen) atoms. The monoisotopic (exact) mass is 186 g/mol. The number of hydrogen-bond donors (Lipinski definition) is 0. The molecule has 0 bridgehead atoms. The molecule has 1 rings (SSSR count). The summed E-state index contributed by atoms with van der Waals surface area (Å²) >= 11 is 5.87. The zero-order chi connectivity index (χ0) is 8.27. The zero-order valence-corrected chi connectivity index (χ0v) is 8.58. The van der Waals surface area contributed by atoms with Crippen molar-refractivity contribution in [1.29, 1.82) is 0 Å². The van der Waals surface area contributed by atoms with E-state index in [1.165, 1.54) is 0 Å². The van der Waals surface area contributed by atoms with E-state index in [9.17, 15) is 0 Å². The van der Waals surface area contributed by atoms with E-state index in [1.807, 2.05) is 24.3 Å². The summed E-state index contributed by atoms with van der Waals surface area (Å²) in [6.45, 7) is 4.23. The van der Waals surface area contributed by atoms with E-state index in [-0.39, 0.29) is 0 Å². The first-order valence-electron chi connectivity index (χ1n) is 3.61. The molecule has 0 saturated heterocycles. The summed E-state index contributed by atoms with van der Waals surface area (Å²) in [6.07, 6.45) is 0. The first-order chi connectivity index (χ1) is 5.20. The maximum atomic E-state index is 5.87. The first kappa shape index (κ1) is 8.62. The Labute approximate surface area is 73.7 Å². The van der Waals surface area contributed by atoms with E-state index in [1.54, 1.807) is 0 Å². The van der Waals surface area contributed by atoms with Gasteiger partial charge in [0.2, 0.25) is 9.04 Å². The predicted molar refractivity (Wildman–Crippen MR) is 51.0 cm³/mol. The molecule has 0 fully saturated rings. The molecule has 1 nitrogen and oxygen atoms in total. The maximum absolute atomic E-state index is 5.87. The highest BCUT2D eigenvalue weighted by atomic mass is 35.5. The van der Waals surface area contributed by atoms with E-state index in [2.05, 4.69) is 13.1 Å². The molecule has 0 heterocycles. The van der Waals surface area contributed by atoms with Crippen LogP contribution in [0.2, 0.25) is 18.1 Å². The number of hydrogen-bond acceptors (Lipinski definition) is 1. The fraction of sp³-hybridized carbons (Fsp3) is 0.250. The van der Waals surface area contributed by atoms with Gasteiger partial charge in [0.15, 0.2) is 0 Å². The molecule has 60 valence electrons. The van der Waals surface area contributed by atoms with E-state index in [0.29, 0.717) is 5.02 Å².